The maximum absolute atomic E-state index is 12.4. The first kappa shape index (κ1) is 13.8. The first-order valence-corrected chi connectivity index (χ1v) is 6.90. The number of ether oxygens (including phenoxy) is 1. The third-order valence-corrected chi connectivity index (χ3v) is 4.16. The van der Waals surface area contributed by atoms with Crippen molar-refractivity contribution in [3.63, 3.8) is 0 Å². The van der Waals surface area contributed by atoms with Crippen molar-refractivity contribution in [2.45, 2.75) is 44.9 Å². The molecule has 2 unspecified atom stereocenters. The van der Waals surface area contributed by atoms with Crippen molar-refractivity contribution >= 4 is 5.91 Å². The number of carbonyl (C=O) groups is 1. The summed E-state index contributed by atoms with van der Waals surface area (Å²) >= 11 is 0. The lowest BCUT2D eigenvalue weighted by Crippen LogP contribution is -2.61. The second-order valence-corrected chi connectivity index (χ2v) is 5.74. The Labute approximate surface area is 109 Å². The molecule has 104 valence electrons. The Balaban J connectivity index is 1.93. The van der Waals surface area contributed by atoms with Crippen LogP contribution in [0.4, 0.5) is 0 Å². The van der Waals surface area contributed by atoms with Gasteiger partial charge in [0.2, 0.25) is 5.91 Å². The minimum absolute atomic E-state index is 0.117. The lowest BCUT2D eigenvalue weighted by molar-refractivity contribution is -0.133. The number of amides is 1. The lowest BCUT2D eigenvalue weighted by Gasteiger charge is -2.40. The average molecular weight is 255 g/mol. The first-order valence-electron chi connectivity index (χ1n) is 6.90. The fourth-order valence-corrected chi connectivity index (χ4v) is 2.63. The van der Waals surface area contributed by atoms with Crippen LogP contribution in [0.5, 0.6) is 0 Å². The summed E-state index contributed by atoms with van der Waals surface area (Å²) in [6.45, 7) is 10.6. The highest BCUT2D eigenvalue weighted by atomic mass is 16.5. The Hall–Kier alpha value is -0.650. The second kappa shape index (κ2) is 5.55. The van der Waals surface area contributed by atoms with E-state index < -0.39 is 5.54 Å². The zero-order valence-corrected chi connectivity index (χ0v) is 11.7. The molecule has 2 fully saturated rings. The molecule has 2 aliphatic rings. The maximum Gasteiger partial charge on any atom is 0.240 e. The molecule has 1 amide bonds. The molecule has 0 aromatic heterocycles. The van der Waals surface area contributed by atoms with Gasteiger partial charge in [0.1, 0.15) is 0 Å². The molecule has 5 nitrogen and oxygen atoms in total. The van der Waals surface area contributed by atoms with Crippen LogP contribution in [0, 0.1) is 0 Å². The summed E-state index contributed by atoms with van der Waals surface area (Å²) in [5.74, 6) is 0.117. The Morgan fingerprint density at radius 1 is 1.39 bits per heavy atom. The van der Waals surface area contributed by atoms with Gasteiger partial charge in [-0.3, -0.25) is 9.69 Å². The summed E-state index contributed by atoms with van der Waals surface area (Å²) in [5, 5.41) is 6.45. The van der Waals surface area contributed by atoms with Crippen molar-refractivity contribution in [1.29, 1.82) is 0 Å². The quantitative estimate of drug-likeness (QED) is 0.743. The normalized spacial score (nSPS) is 30.4. The van der Waals surface area contributed by atoms with Gasteiger partial charge in [0.25, 0.3) is 0 Å². The predicted octanol–water partition coefficient (Wildman–Crippen LogP) is -0.0362. The van der Waals surface area contributed by atoms with E-state index in [1.165, 1.54) is 0 Å². The summed E-state index contributed by atoms with van der Waals surface area (Å²) in [7, 11) is 0. The summed E-state index contributed by atoms with van der Waals surface area (Å²) in [6.07, 6.45) is 1.05. The van der Waals surface area contributed by atoms with Gasteiger partial charge in [-0.2, -0.15) is 0 Å². The van der Waals surface area contributed by atoms with Crippen molar-refractivity contribution in [1.82, 2.24) is 15.5 Å². The summed E-state index contributed by atoms with van der Waals surface area (Å²) < 4.78 is 5.49. The third kappa shape index (κ3) is 2.84. The van der Waals surface area contributed by atoms with Crippen LogP contribution in [0.25, 0.3) is 0 Å². The molecule has 2 saturated heterocycles. The molecule has 0 bridgehead atoms. The molecule has 0 aromatic rings. The topological polar surface area (TPSA) is 53.6 Å². The largest absolute Gasteiger partial charge is 0.376 e. The van der Waals surface area contributed by atoms with E-state index in [1.807, 2.05) is 20.8 Å². The standard InChI is InChI=1S/C13H25N3O2/c1-10-11(4-9-18-10)15-12(17)13(2,3)16-7-5-14-6-8-16/h10-11,14H,4-9H2,1-3H3,(H,15,17). The number of rotatable bonds is 3. The molecule has 0 aromatic carbocycles. The van der Waals surface area contributed by atoms with E-state index >= 15 is 0 Å². The lowest BCUT2D eigenvalue weighted by atomic mass is 9.99. The van der Waals surface area contributed by atoms with Crippen LogP contribution in [0.3, 0.4) is 0 Å². The minimum atomic E-state index is -0.440. The molecule has 2 atom stereocenters. The van der Waals surface area contributed by atoms with E-state index in [4.69, 9.17) is 4.74 Å². The second-order valence-electron chi connectivity index (χ2n) is 5.74. The fourth-order valence-electron chi connectivity index (χ4n) is 2.63. The van der Waals surface area contributed by atoms with E-state index in [2.05, 4.69) is 15.5 Å². The highest BCUT2D eigenvalue weighted by molar-refractivity contribution is 5.85. The molecule has 2 N–H and O–H groups in total. The van der Waals surface area contributed by atoms with Crippen molar-refractivity contribution in [3.05, 3.63) is 0 Å². The SMILES string of the molecule is CC1OCCC1NC(=O)C(C)(C)N1CCNCC1. The van der Waals surface area contributed by atoms with Crippen molar-refractivity contribution in [3.8, 4) is 0 Å². The molecule has 5 heteroatoms. The number of nitrogens with one attached hydrogen (secondary N) is 2. The van der Waals surface area contributed by atoms with Crippen LogP contribution in [0.1, 0.15) is 27.2 Å². The third-order valence-electron chi connectivity index (χ3n) is 4.16. The van der Waals surface area contributed by atoms with Gasteiger partial charge in [0.15, 0.2) is 0 Å². The number of hydrogen-bond acceptors (Lipinski definition) is 4. The van der Waals surface area contributed by atoms with Crippen LogP contribution >= 0.6 is 0 Å². The zero-order chi connectivity index (χ0) is 13.2. The monoisotopic (exact) mass is 255 g/mol. The predicted molar refractivity (Wildman–Crippen MR) is 70.5 cm³/mol. The molecule has 18 heavy (non-hydrogen) atoms. The smallest absolute Gasteiger partial charge is 0.240 e. The molecule has 2 heterocycles. The molecular weight excluding hydrogens is 230 g/mol. The van der Waals surface area contributed by atoms with Gasteiger partial charge in [0, 0.05) is 32.8 Å². The van der Waals surface area contributed by atoms with E-state index in [0.717, 1.165) is 39.2 Å². The maximum atomic E-state index is 12.4. The van der Waals surface area contributed by atoms with Gasteiger partial charge in [-0.25, -0.2) is 0 Å². The van der Waals surface area contributed by atoms with Gasteiger partial charge in [-0.15, -0.1) is 0 Å². The molecule has 0 saturated carbocycles. The molecule has 0 spiro atoms. The number of hydrogen-bond donors (Lipinski definition) is 2. The molecule has 0 aliphatic carbocycles. The Kier molecular flexibility index (Phi) is 4.25. The van der Waals surface area contributed by atoms with Crippen molar-refractivity contribution in [2.24, 2.45) is 0 Å². The molecule has 0 radical (unpaired) electrons. The number of nitrogens with zero attached hydrogens (tertiary/aromatic N) is 1. The van der Waals surface area contributed by atoms with E-state index in [0.29, 0.717) is 0 Å². The number of carbonyl (C=O) groups excluding carboxylic acids is 1. The molecule has 2 aliphatic heterocycles. The summed E-state index contributed by atoms with van der Waals surface area (Å²) in [6, 6.07) is 0.166. The van der Waals surface area contributed by atoms with Gasteiger partial charge in [-0.1, -0.05) is 0 Å². The van der Waals surface area contributed by atoms with Crippen LogP contribution in [0.15, 0.2) is 0 Å². The van der Waals surface area contributed by atoms with Crippen molar-refractivity contribution in [2.75, 3.05) is 32.8 Å². The fraction of sp³-hybridized carbons (Fsp3) is 0.923. The minimum Gasteiger partial charge on any atom is -0.376 e. The summed E-state index contributed by atoms with van der Waals surface area (Å²) in [5.41, 5.74) is -0.440. The molecule has 2 rings (SSSR count). The van der Waals surface area contributed by atoms with Gasteiger partial charge in [0.05, 0.1) is 17.7 Å². The van der Waals surface area contributed by atoms with Crippen LogP contribution in [0.2, 0.25) is 0 Å². The van der Waals surface area contributed by atoms with E-state index in [9.17, 15) is 4.79 Å². The average Bonchev–Trinajstić information content (AvgIpc) is 2.76. The van der Waals surface area contributed by atoms with Gasteiger partial charge < -0.3 is 15.4 Å². The number of piperazine rings is 1. The Morgan fingerprint density at radius 2 is 2.06 bits per heavy atom. The van der Waals surface area contributed by atoms with E-state index in [-0.39, 0.29) is 18.1 Å². The summed E-state index contributed by atoms with van der Waals surface area (Å²) in [4.78, 5) is 14.7. The van der Waals surface area contributed by atoms with Gasteiger partial charge >= 0.3 is 0 Å². The Morgan fingerprint density at radius 3 is 2.61 bits per heavy atom. The van der Waals surface area contributed by atoms with Crippen LogP contribution < -0.4 is 10.6 Å². The van der Waals surface area contributed by atoms with E-state index in [1.54, 1.807) is 0 Å². The highest BCUT2D eigenvalue weighted by Gasteiger charge is 2.37. The zero-order valence-electron chi connectivity index (χ0n) is 11.7. The Bertz CT molecular complexity index is 301. The van der Waals surface area contributed by atoms with Crippen LogP contribution in [-0.2, 0) is 9.53 Å². The highest BCUT2D eigenvalue weighted by Crippen LogP contribution is 2.18. The molecular formula is C13H25N3O2. The van der Waals surface area contributed by atoms with Gasteiger partial charge in [-0.05, 0) is 27.2 Å². The first-order chi connectivity index (χ1) is 8.51. The van der Waals surface area contributed by atoms with Crippen LogP contribution in [-0.4, -0.2) is 61.3 Å². The van der Waals surface area contributed by atoms with Crippen molar-refractivity contribution < 1.29 is 9.53 Å².